The Hall–Kier alpha value is -1.32. The van der Waals surface area contributed by atoms with Gasteiger partial charge in [-0.15, -0.1) is 11.3 Å². The Bertz CT molecular complexity index is 547. The second kappa shape index (κ2) is 4.17. The fourth-order valence-corrected chi connectivity index (χ4v) is 3.39. The molecule has 17 heavy (non-hydrogen) atoms. The van der Waals surface area contributed by atoms with Crippen LogP contribution in [0.2, 0.25) is 0 Å². The molecule has 1 aromatic carbocycles. The lowest BCUT2D eigenvalue weighted by molar-refractivity contribution is 0.471. The standard InChI is InChI=1S/C14H15NOS/c1-9-2-5-13(17-9)14-12-4-3-11(16)8-10(12)6-7-15-14/h2-5,8,14-16H,6-7H2,1H3. The average Bonchev–Trinajstić information content (AvgIpc) is 2.74. The summed E-state index contributed by atoms with van der Waals surface area (Å²) in [5.41, 5.74) is 2.57. The highest BCUT2D eigenvalue weighted by Gasteiger charge is 2.22. The number of aromatic hydroxyl groups is 1. The van der Waals surface area contributed by atoms with Gasteiger partial charge >= 0.3 is 0 Å². The van der Waals surface area contributed by atoms with Crippen LogP contribution in [0.25, 0.3) is 0 Å². The van der Waals surface area contributed by atoms with E-state index in [4.69, 9.17) is 0 Å². The normalized spacial score (nSPS) is 19.0. The number of hydrogen-bond donors (Lipinski definition) is 2. The quantitative estimate of drug-likeness (QED) is 0.809. The van der Waals surface area contributed by atoms with Crippen LogP contribution in [0.15, 0.2) is 30.3 Å². The van der Waals surface area contributed by atoms with Crippen LogP contribution in [0, 0.1) is 6.92 Å². The van der Waals surface area contributed by atoms with Crippen LogP contribution in [0.5, 0.6) is 5.75 Å². The number of phenols is 1. The summed E-state index contributed by atoms with van der Waals surface area (Å²) in [5.74, 6) is 0.367. The van der Waals surface area contributed by atoms with Crippen LogP contribution in [-0.4, -0.2) is 11.7 Å². The monoisotopic (exact) mass is 245 g/mol. The summed E-state index contributed by atoms with van der Waals surface area (Å²) < 4.78 is 0. The molecule has 2 heterocycles. The van der Waals surface area contributed by atoms with Gasteiger partial charge in [0.2, 0.25) is 0 Å². The lowest BCUT2D eigenvalue weighted by Crippen LogP contribution is -2.29. The molecule has 88 valence electrons. The summed E-state index contributed by atoms with van der Waals surface area (Å²) in [4.78, 5) is 2.70. The van der Waals surface area contributed by atoms with Crippen molar-refractivity contribution in [1.82, 2.24) is 5.32 Å². The van der Waals surface area contributed by atoms with Crippen LogP contribution >= 0.6 is 11.3 Å². The molecule has 0 fully saturated rings. The number of fused-ring (bicyclic) bond motifs is 1. The van der Waals surface area contributed by atoms with Crippen LogP contribution < -0.4 is 5.32 Å². The van der Waals surface area contributed by atoms with Crippen LogP contribution in [0.4, 0.5) is 0 Å². The van der Waals surface area contributed by atoms with Gasteiger partial charge < -0.3 is 10.4 Å². The zero-order valence-corrected chi connectivity index (χ0v) is 10.6. The molecule has 1 aliphatic rings. The summed E-state index contributed by atoms with van der Waals surface area (Å²) in [6, 6.07) is 10.4. The molecule has 1 atom stereocenters. The van der Waals surface area contributed by atoms with E-state index in [1.807, 2.05) is 23.5 Å². The summed E-state index contributed by atoms with van der Waals surface area (Å²) in [6.45, 7) is 3.10. The van der Waals surface area contributed by atoms with E-state index in [-0.39, 0.29) is 6.04 Å². The average molecular weight is 245 g/mol. The predicted molar refractivity (Wildman–Crippen MR) is 70.7 cm³/mol. The van der Waals surface area contributed by atoms with E-state index in [0.29, 0.717) is 5.75 Å². The largest absolute Gasteiger partial charge is 0.508 e. The van der Waals surface area contributed by atoms with Crippen molar-refractivity contribution in [3.8, 4) is 5.75 Å². The minimum absolute atomic E-state index is 0.290. The fourth-order valence-electron chi connectivity index (χ4n) is 2.41. The zero-order valence-electron chi connectivity index (χ0n) is 9.73. The van der Waals surface area contributed by atoms with Gasteiger partial charge in [0, 0.05) is 16.3 Å². The first-order valence-electron chi connectivity index (χ1n) is 5.85. The highest BCUT2D eigenvalue weighted by atomic mass is 32.1. The van der Waals surface area contributed by atoms with Crippen molar-refractivity contribution in [2.75, 3.05) is 6.54 Å². The molecule has 3 rings (SSSR count). The third-order valence-corrected chi connectivity index (χ3v) is 4.29. The van der Waals surface area contributed by atoms with Crippen molar-refractivity contribution in [2.45, 2.75) is 19.4 Å². The number of aryl methyl sites for hydroxylation is 1. The molecule has 2 N–H and O–H groups in total. The molecule has 1 unspecified atom stereocenters. The molecule has 0 amide bonds. The van der Waals surface area contributed by atoms with Crippen molar-refractivity contribution in [3.05, 3.63) is 51.2 Å². The van der Waals surface area contributed by atoms with Gasteiger partial charge in [-0.25, -0.2) is 0 Å². The Kier molecular flexibility index (Phi) is 2.65. The van der Waals surface area contributed by atoms with E-state index in [2.05, 4.69) is 24.4 Å². The van der Waals surface area contributed by atoms with Gasteiger partial charge in [0.15, 0.2) is 0 Å². The van der Waals surface area contributed by atoms with Gasteiger partial charge in [-0.3, -0.25) is 0 Å². The first kappa shape index (κ1) is 10.8. The molecule has 0 aliphatic carbocycles. The van der Waals surface area contributed by atoms with E-state index < -0.39 is 0 Å². The molecule has 2 aromatic rings. The number of hydrogen-bond acceptors (Lipinski definition) is 3. The third-order valence-electron chi connectivity index (χ3n) is 3.23. The predicted octanol–water partition coefficient (Wildman–Crippen LogP) is 3.00. The SMILES string of the molecule is Cc1ccc(C2NCCc3cc(O)ccc32)s1. The molecule has 1 aliphatic heterocycles. The van der Waals surface area contributed by atoms with Gasteiger partial charge in [0.05, 0.1) is 6.04 Å². The summed E-state index contributed by atoms with van der Waals surface area (Å²) in [6.07, 6.45) is 0.991. The van der Waals surface area contributed by atoms with Crippen molar-refractivity contribution in [3.63, 3.8) is 0 Å². The molecule has 0 saturated carbocycles. The van der Waals surface area contributed by atoms with Gasteiger partial charge in [0.1, 0.15) is 5.75 Å². The Balaban J connectivity index is 2.05. The maximum Gasteiger partial charge on any atom is 0.115 e. The maximum absolute atomic E-state index is 9.53. The molecule has 1 aromatic heterocycles. The first-order chi connectivity index (χ1) is 8.24. The maximum atomic E-state index is 9.53. The molecule has 0 saturated heterocycles. The molecule has 2 nitrogen and oxygen atoms in total. The second-order valence-electron chi connectivity index (χ2n) is 4.47. The summed E-state index contributed by atoms with van der Waals surface area (Å²) in [7, 11) is 0. The van der Waals surface area contributed by atoms with Crippen LogP contribution in [0.1, 0.15) is 26.9 Å². The lowest BCUT2D eigenvalue weighted by atomic mass is 9.93. The second-order valence-corrected chi connectivity index (χ2v) is 5.79. The van der Waals surface area contributed by atoms with Crippen LogP contribution in [-0.2, 0) is 6.42 Å². The van der Waals surface area contributed by atoms with Crippen molar-refractivity contribution in [1.29, 1.82) is 0 Å². The van der Waals surface area contributed by atoms with Gasteiger partial charge in [0.25, 0.3) is 0 Å². The summed E-state index contributed by atoms with van der Waals surface area (Å²) >= 11 is 1.84. The molecule has 0 spiro atoms. The Morgan fingerprint density at radius 1 is 1.29 bits per heavy atom. The van der Waals surface area contributed by atoms with Crippen LogP contribution in [0.3, 0.4) is 0 Å². The Morgan fingerprint density at radius 2 is 2.18 bits per heavy atom. The van der Waals surface area contributed by atoms with Gasteiger partial charge in [-0.1, -0.05) is 6.07 Å². The van der Waals surface area contributed by atoms with Gasteiger partial charge in [-0.2, -0.15) is 0 Å². The molecular formula is C14H15NOS. The number of rotatable bonds is 1. The van der Waals surface area contributed by atoms with E-state index in [1.165, 1.54) is 20.9 Å². The smallest absolute Gasteiger partial charge is 0.115 e. The first-order valence-corrected chi connectivity index (χ1v) is 6.67. The number of phenolic OH excluding ortho intramolecular Hbond substituents is 1. The molecule has 3 heteroatoms. The minimum Gasteiger partial charge on any atom is -0.508 e. The number of nitrogens with one attached hydrogen (secondary N) is 1. The van der Waals surface area contributed by atoms with E-state index in [9.17, 15) is 5.11 Å². The molecular weight excluding hydrogens is 230 g/mol. The zero-order chi connectivity index (χ0) is 11.8. The Morgan fingerprint density at radius 3 is 2.94 bits per heavy atom. The number of thiophene rings is 1. The van der Waals surface area contributed by atoms with Crippen molar-refractivity contribution >= 4 is 11.3 Å². The third kappa shape index (κ3) is 1.96. The highest BCUT2D eigenvalue weighted by molar-refractivity contribution is 7.12. The van der Waals surface area contributed by atoms with E-state index >= 15 is 0 Å². The van der Waals surface area contributed by atoms with Crippen molar-refractivity contribution < 1.29 is 5.11 Å². The van der Waals surface area contributed by atoms with Crippen molar-refractivity contribution in [2.24, 2.45) is 0 Å². The number of benzene rings is 1. The Labute approximate surface area is 105 Å². The van der Waals surface area contributed by atoms with Gasteiger partial charge in [-0.05, 0) is 48.7 Å². The highest BCUT2D eigenvalue weighted by Crippen LogP contribution is 2.33. The molecule has 0 radical (unpaired) electrons. The fraction of sp³-hybridized carbons (Fsp3) is 0.286. The lowest BCUT2D eigenvalue weighted by Gasteiger charge is -2.26. The topological polar surface area (TPSA) is 32.3 Å². The van der Waals surface area contributed by atoms with E-state index in [1.54, 1.807) is 6.07 Å². The summed E-state index contributed by atoms with van der Waals surface area (Å²) in [5, 5.41) is 13.1. The van der Waals surface area contributed by atoms with E-state index in [0.717, 1.165) is 13.0 Å². The molecule has 0 bridgehead atoms. The minimum atomic E-state index is 0.290.